The predicted molar refractivity (Wildman–Crippen MR) is 104 cm³/mol. The molecule has 1 amide bonds. The number of nitrogens with one attached hydrogen (secondary N) is 2. The van der Waals surface area contributed by atoms with Crippen LogP contribution in [0.5, 0.6) is 0 Å². The summed E-state index contributed by atoms with van der Waals surface area (Å²) in [5.74, 6) is 0.367. The molecule has 3 atom stereocenters. The van der Waals surface area contributed by atoms with Crippen LogP contribution in [0.15, 0.2) is 28.4 Å². The fraction of sp³-hybridized carbons (Fsp3) is 0.500. The van der Waals surface area contributed by atoms with Crippen molar-refractivity contribution in [2.45, 2.75) is 38.3 Å². The Bertz CT molecular complexity index is 850. The lowest BCUT2D eigenvalue weighted by molar-refractivity contribution is -0.127. The number of carbonyl (C=O) groups excluding carboxylic acids is 1. The summed E-state index contributed by atoms with van der Waals surface area (Å²) in [6.07, 6.45) is 1.84. The molecular weight excluding hydrogens is 372 g/mol. The number of fused-ring (bicyclic) bond motifs is 4. The summed E-state index contributed by atoms with van der Waals surface area (Å²) in [7, 11) is 0. The first-order chi connectivity index (χ1) is 12.2. The van der Waals surface area contributed by atoms with Crippen LogP contribution in [0, 0.1) is 5.92 Å². The number of hydrogen-bond donors (Lipinski definition) is 2. The molecule has 2 aliphatic heterocycles. The number of amides is 1. The maximum Gasteiger partial charge on any atom is 0.251 e. The molecule has 140 valence electrons. The zero-order valence-corrected chi connectivity index (χ0v) is 16.2. The van der Waals surface area contributed by atoms with Gasteiger partial charge in [0.1, 0.15) is 11.0 Å². The van der Waals surface area contributed by atoms with Crippen LogP contribution >= 0.6 is 23.7 Å². The van der Waals surface area contributed by atoms with Gasteiger partial charge in [-0.3, -0.25) is 14.2 Å². The van der Waals surface area contributed by atoms with E-state index >= 15 is 0 Å². The van der Waals surface area contributed by atoms with Crippen molar-refractivity contribution in [3.05, 3.63) is 50.3 Å². The third-order valence-corrected chi connectivity index (χ3v) is 6.09. The molecule has 0 aliphatic carbocycles. The Morgan fingerprint density at radius 1 is 1.42 bits per heavy atom. The third kappa shape index (κ3) is 3.43. The highest BCUT2D eigenvalue weighted by Crippen LogP contribution is 2.38. The zero-order valence-electron chi connectivity index (χ0n) is 14.6. The number of carbonyl (C=O) groups is 1. The van der Waals surface area contributed by atoms with Crippen molar-refractivity contribution in [3.63, 3.8) is 0 Å². The average molecular weight is 395 g/mol. The quantitative estimate of drug-likeness (QED) is 0.829. The van der Waals surface area contributed by atoms with Crippen LogP contribution in [0.1, 0.15) is 41.7 Å². The van der Waals surface area contributed by atoms with Gasteiger partial charge in [-0.1, -0.05) is 13.0 Å². The molecule has 0 unspecified atom stereocenters. The molecule has 26 heavy (non-hydrogen) atoms. The van der Waals surface area contributed by atoms with E-state index in [0.717, 1.165) is 42.3 Å². The van der Waals surface area contributed by atoms with Crippen LogP contribution in [0.4, 0.5) is 0 Å². The Morgan fingerprint density at radius 2 is 2.27 bits per heavy atom. The van der Waals surface area contributed by atoms with Crippen molar-refractivity contribution in [1.29, 1.82) is 0 Å². The lowest BCUT2D eigenvalue weighted by atomic mass is 9.79. The van der Waals surface area contributed by atoms with Gasteiger partial charge in [-0.15, -0.1) is 23.7 Å². The molecule has 2 N–H and O–H groups in total. The van der Waals surface area contributed by atoms with Crippen molar-refractivity contribution in [2.24, 2.45) is 5.92 Å². The minimum absolute atomic E-state index is 0. The van der Waals surface area contributed by atoms with Gasteiger partial charge in [0.05, 0.1) is 12.2 Å². The molecule has 1 saturated heterocycles. The van der Waals surface area contributed by atoms with Gasteiger partial charge < -0.3 is 10.6 Å². The molecule has 2 aromatic rings. The van der Waals surface area contributed by atoms with Crippen molar-refractivity contribution in [3.8, 4) is 0 Å². The number of piperidine rings is 1. The molecule has 0 spiro atoms. The Balaban J connectivity index is 0.00000196. The van der Waals surface area contributed by atoms with Gasteiger partial charge in [0.25, 0.3) is 5.56 Å². The summed E-state index contributed by atoms with van der Waals surface area (Å²) in [5, 5.41) is 9.34. The number of nitrogens with zero attached hydrogens (tertiary/aromatic N) is 2. The van der Waals surface area contributed by atoms with E-state index in [-0.39, 0.29) is 29.8 Å². The van der Waals surface area contributed by atoms with Crippen molar-refractivity contribution in [1.82, 2.24) is 20.2 Å². The Hall–Kier alpha value is -1.70. The number of thiazole rings is 1. The van der Waals surface area contributed by atoms with Gasteiger partial charge in [0.15, 0.2) is 0 Å². The first kappa shape index (κ1) is 19.1. The second-order valence-electron chi connectivity index (χ2n) is 6.76. The lowest BCUT2D eigenvalue weighted by Gasteiger charge is -2.42. The zero-order chi connectivity index (χ0) is 17.4. The molecule has 2 aliphatic rings. The highest BCUT2D eigenvalue weighted by molar-refractivity contribution is 7.09. The fourth-order valence-electron chi connectivity index (χ4n) is 3.99. The van der Waals surface area contributed by atoms with E-state index < -0.39 is 6.04 Å². The van der Waals surface area contributed by atoms with E-state index in [1.165, 1.54) is 0 Å². The van der Waals surface area contributed by atoms with E-state index in [0.29, 0.717) is 12.5 Å². The molecule has 4 heterocycles. The van der Waals surface area contributed by atoms with Crippen LogP contribution in [-0.2, 0) is 17.8 Å². The molecule has 1 fully saturated rings. The van der Waals surface area contributed by atoms with Crippen LogP contribution in [0.2, 0.25) is 0 Å². The highest BCUT2D eigenvalue weighted by Gasteiger charge is 2.41. The van der Waals surface area contributed by atoms with Gasteiger partial charge in [-0.05, 0) is 18.9 Å². The molecular formula is C18H23ClN4O2S. The first-order valence-corrected chi connectivity index (χ1v) is 9.68. The first-order valence-electron chi connectivity index (χ1n) is 8.80. The number of pyridine rings is 1. The number of hydrogen-bond acceptors (Lipinski definition) is 5. The SMILES string of the molecule is CCc1csc(CNC(=O)[C@H]2[C@@H]3CNC[C@@H](C3)c3cccc(=O)n32)n1.Cl. The Morgan fingerprint density at radius 3 is 3.04 bits per heavy atom. The van der Waals surface area contributed by atoms with Crippen molar-refractivity contribution < 1.29 is 4.79 Å². The summed E-state index contributed by atoms with van der Waals surface area (Å²) >= 11 is 1.56. The van der Waals surface area contributed by atoms with Gasteiger partial charge in [-0.2, -0.15) is 0 Å². The van der Waals surface area contributed by atoms with Crippen molar-refractivity contribution in [2.75, 3.05) is 13.1 Å². The van der Waals surface area contributed by atoms with Gasteiger partial charge in [-0.25, -0.2) is 4.98 Å². The minimum Gasteiger partial charge on any atom is -0.348 e. The fourth-order valence-corrected chi connectivity index (χ4v) is 4.81. The molecule has 0 radical (unpaired) electrons. The summed E-state index contributed by atoms with van der Waals surface area (Å²) in [6, 6.07) is 4.87. The number of rotatable bonds is 4. The van der Waals surface area contributed by atoms with Crippen LogP contribution in [-0.4, -0.2) is 28.5 Å². The smallest absolute Gasteiger partial charge is 0.251 e. The lowest BCUT2D eigenvalue weighted by Crippen LogP contribution is -2.52. The van der Waals surface area contributed by atoms with Gasteiger partial charge in [0, 0.05) is 42.1 Å². The van der Waals surface area contributed by atoms with Crippen LogP contribution in [0.3, 0.4) is 0 Å². The molecule has 0 saturated carbocycles. The largest absolute Gasteiger partial charge is 0.348 e. The second kappa shape index (κ2) is 7.90. The number of halogens is 1. The second-order valence-corrected chi connectivity index (χ2v) is 7.70. The maximum absolute atomic E-state index is 12.9. The maximum atomic E-state index is 12.9. The monoisotopic (exact) mass is 394 g/mol. The molecule has 6 nitrogen and oxygen atoms in total. The van der Waals surface area contributed by atoms with E-state index in [9.17, 15) is 9.59 Å². The molecule has 0 aromatic carbocycles. The predicted octanol–water partition coefficient (Wildman–Crippen LogP) is 1.85. The van der Waals surface area contributed by atoms with E-state index in [1.807, 2.05) is 11.4 Å². The average Bonchev–Trinajstić information content (AvgIpc) is 3.09. The minimum atomic E-state index is -0.446. The Labute approximate surface area is 162 Å². The van der Waals surface area contributed by atoms with E-state index in [2.05, 4.69) is 22.5 Å². The number of aromatic nitrogens is 2. The Kier molecular flexibility index (Phi) is 5.79. The summed E-state index contributed by atoms with van der Waals surface area (Å²) in [6.45, 7) is 4.12. The molecule has 2 bridgehead atoms. The molecule has 8 heteroatoms. The normalized spacial score (nSPS) is 23.7. The van der Waals surface area contributed by atoms with Gasteiger partial charge >= 0.3 is 0 Å². The third-order valence-electron chi connectivity index (χ3n) is 5.19. The summed E-state index contributed by atoms with van der Waals surface area (Å²) in [4.78, 5) is 29.9. The highest BCUT2D eigenvalue weighted by atomic mass is 35.5. The molecule has 4 rings (SSSR count). The number of aryl methyl sites for hydroxylation is 1. The topological polar surface area (TPSA) is 76.0 Å². The van der Waals surface area contributed by atoms with Crippen LogP contribution < -0.4 is 16.2 Å². The summed E-state index contributed by atoms with van der Waals surface area (Å²) in [5.41, 5.74) is 1.93. The van der Waals surface area contributed by atoms with E-state index in [4.69, 9.17) is 0 Å². The van der Waals surface area contributed by atoms with Crippen LogP contribution in [0.25, 0.3) is 0 Å². The summed E-state index contributed by atoms with van der Waals surface area (Å²) < 4.78 is 1.72. The standard InChI is InChI=1S/C18H22N4O2S.ClH/c1-2-13-10-25-15(21-13)9-20-18(24)17-12-6-11(7-19-8-12)14-4-3-5-16(23)22(14)17;/h3-5,10-12,17,19H,2,6-9H2,1H3,(H,20,24);1H/t11-,12+,17-;/m1./s1. The van der Waals surface area contributed by atoms with E-state index in [1.54, 1.807) is 28.0 Å². The van der Waals surface area contributed by atoms with Gasteiger partial charge in [0.2, 0.25) is 5.91 Å². The molecule has 2 aromatic heterocycles. The van der Waals surface area contributed by atoms with Crippen molar-refractivity contribution >= 4 is 29.7 Å².